The van der Waals surface area contributed by atoms with E-state index >= 15 is 0 Å². The third-order valence-corrected chi connectivity index (χ3v) is 2.52. The van der Waals surface area contributed by atoms with Crippen molar-refractivity contribution in [3.63, 3.8) is 0 Å². The number of nitrogens with two attached hydrogens (primary N) is 1. The number of nitrogen functional groups attached to an aromatic ring is 1. The predicted molar refractivity (Wildman–Crippen MR) is 68.1 cm³/mol. The Bertz CT molecular complexity index is 367. The van der Waals surface area contributed by atoms with E-state index < -0.39 is 0 Å². The van der Waals surface area contributed by atoms with Gasteiger partial charge in [-0.15, -0.1) is 0 Å². The van der Waals surface area contributed by atoms with Crippen LogP contribution in [0.5, 0.6) is 0 Å². The van der Waals surface area contributed by atoms with Gasteiger partial charge in [0.15, 0.2) is 0 Å². The summed E-state index contributed by atoms with van der Waals surface area (Å²) < 4.78 is 13.2. The molecule has 90 valence electrons. The van der Waals surface area contributed by atoms with E-state index in [1.54, 1.807) is 13.0 Å². The van der Waals surface area contributed by atoms with Crippen LogP contribution in [0.25, 0.3) is 0 Å². The summed E-state index contributed by atoms with van der Waals surface area (Å²) in [6.07, 6.45) is 1.04. The molecular formula is C13H21FN2. The average molecular weight is 224 g/mol. The van der Waals surface area contributed by atoms with Crippen molar-refractivity contribution in [1.82, 2.24) is 0 Å². The Morgan fingerprint density at radius 3 is 2.50 bits per heavy atom. The fourth-order valence-corrected chi connectivity index (χ4v) is 1.42. The topological polar surface area (TPSA) is 38.0 Å². The molecule has 1 aromatic carbocycles. The zero-order valence-corrected chi connectivity index (χ0v) is 10.5. The van der Waals surface area contributed by atoms with Gasteiger partial charge in [0.25, 0.3) is 0 Å². The molecule has 0 heterocycles. The molecule has 0 fully saturated rings. The Morgan fingerprint density at radius 1 is 1.31 bits per heavy atom. The van der Waals surface area contributed by atoms with E-state index in [1.807, 2.05) is 0 Å². The fourth-order valence-electron chi connectivity index (χ4n) is 1.42. The number of nitrogens with one attached hydrogen (secondary N) is 1. The van der Waals surface area contributed by atoms with Gasteiger partial charge in [-0.1, -0.05) is 20.8 Å². The summed E-state index contributed by atoms with van der Waals surface area (Å²) in [6, 6.07) is 3.13. The van der Waals surface area contributed by atoms with E-state index in [1.165, 1.54) is 6.07 Å². The first kappa shape index (κ1) is 12.8. The molecule has 16 heavy (non-hydrogen) atoms. The Labute approximate surface area is 97.0 Å². The zero-order chi connectivity index (χ0) is 12.3. The SMILES string of the molecule is Cc1cc(NCCC(C)(C)C)c(N)cc1F. The number of rotatable bonds is 3. The lowest BCUT2D eigenvalue weighted by atomic mass is 9.92. The van der Waals surface area contributed by atoms with Gasteiger partial charge in [-0.2, -0.15) is 0 Å². The third-order valence-electron chi connectivity index (χ3n) is 2.52. The lowest BCUT2D eigenvalue weighted by Gasteiger charge is -2.19. The van der Waals surface area contributed by atoms with Crippen LogP contribution in [-0.2, 0) is 0 Å². The van der Waals surface area contributed by atoms with E-state index in [4.69, 9.17) is 5.73 Å². The number of halogens is 1. The minimum Gasteiger partial charge on any atom is -0.397 e. The molecule has 0 aliphatic carbocycles. The quantitative estimate of drug-likeness (QED) is 0.770. The average Bonchev–Trinajstić information content (AvgIpc) is 2.11. The summed E-state index contributed by atoms with van der Waals surface area (Å²) in [4.78, 5) is 0. The van der Waals surface area contributed by atoms with Crippen molar-refractivity contribution in [1.29, 1.82) is 0 Å². The number of hydrogen-bond acceptors (Lipinski definition) is 2. The molecule has 0 bridgehead atoms. The van der Waals surface area contributed by atoms with Gasteiger partial charge in [0.2, 0.25) is 0 Å². The number of benzene rings is 1. The zero-order valence-electron chi connectivity index (χ0n) is 10.5. The molecule has 0 radical (unpaired) electrons. The molecular weight excluding hydrogens is 203 g/mol. The summed E-state index contributed by atoms with van der Waals surface area (Å²) >= 11 is 0. The largest absolute Gasteiger partial charge is 0.397 e. The monoisotopic (exact) mass is 224 g/mol. The smallest absolute Gasteiger partial charge is 0.128 e. The Morgan fingerprint density at radius 2 is 1.94 bits per heavy atom. The van der Waals surface area contributed by atoms with Crippen molar-refractivity contribution in [2.75, 3.05) is 17.6 Å². The van der Waals surface area contributed by atoms with Crippen molar-refractivity contribution >= 4 is 11.4 Å². The third kappa shape index (κ3) is 3.72. The maximum Gasteiger partial charge on any atom is 0.128 e. The highest BCUT2D eigenvalue weighted by molar-refractivity contribution is 5.67. The van der Waals surface area contributed by atoms with Gasteiger partial charge in [-0.25, -0.2) is 4.39 Å². The van der Waals surface area contributed by atoms with Crippen LogP contribution >= 0.6 is 0 Å². The van der Waals surface area contributed by atoms with Crippen LogP contribution in [0.2, 0.25) is 0 Å². The summed E-state index contributed by atoms with van der Waals surface area (Å²) in [5, 5.41) is 3.25. The molecule has 1 aromatic rings. The standard InChI is InChI=1S/C13H21FN2/c1-9-7-12(11(15)8-10(9)14)16-6-5-13(2,3)4/h7-8,16H,5-6,15H2,1-4H3. The highest BCUT2D eigenvalue weighted by Gasteiger charge is 2.10. The van der Waals surface area contributed by atoms with Crippen molar-refractivity contribution in [2.24, 2.45) is 5.41 Å². The van der Waals surface area contributed by atoms with Crippen LogP contribution in [0.1, 0.15) is 32.8 Å². The highest BCUT2D eigenvalue weighted by atomic mass is 19.1. The highest BCUT2D eigenvalue weighted by Crippen LogP contribution is 2.24. The number of anilines is 2. The van der Waals surface area contributed by atoms with Gasteiger partial charge in [0, 0.05) is 6.54 Å². The lowest BCUT2D eigenvalue weighted by Crippen LogP contribution is -2.13. The van der Waals surface area contributed by atoms with Gasteiger partial charge in [-0.05, 0) is 36.5 Å². The van der Waals surface area contributed by atoms with Gasteiger partial charge in [-0.3, -0.25) is 0 Å². The summed E-state index contributed by atoms with van der Waals surface area (Å²) in [6.45, 7) is 9.15. The molecule has 3 N–H and O–H groups in total. The van der Waals surface area contributed by atoms with Crippen molar-refractivity contribution in [2.45, 2.75) is 34.1 Å². The summed E-state index contributed by atoms with van der Waals surface area (Å²) in [5.41, 5.74) is 7.94. The van der Waals surface area contributed by atoms with E-state index in [-0.39, 0.29) is 11.2 Å². The molecule has 2 nitrogen and oxygen atoms in total. The van der Waals surface area contributed by atoms with Gasteiger partial charge in [0.05, 0.1) is 11.4 Å². The second kappa shape index (κ2) is 4.73. The molecule has 3 heteroatoms. The van der Waals surface area contributed by atoms with Gasteiger partial charge < -0.3 is 11.1 Å². The maximum atomic E-state index is 13.2. The van der Waals surface area contributed by atoms with Crippen molar-refractivity contribution in [3.05, 3.63) is 23.5 Å². The van der Waals surface area contributed by atoms with Gasteiger partial charge >= 0.3 is 0 Å². The summed E-state index contributed by atoms with van der Waals surface area (Å²) in [7, 11) is 0. The molecule has 0 aromatic heterocycles. The van der Waals surface area contributed by atoms with E-state index in [9.17, 15) is 4.39 Å². The Balaban J connectivity index is 2.64. The Kier molecular flexibility index (Phi) is 3.79. The first-order valence-electron chi connectivity index (χ1n) is 5.59. The van der Waals surface area contributed by atoms with Crippen LogP contribution in [0.15, 0.2) is 12.1 Å². The number of aryl methyl sites for hydroxylation is 1. The molecule has 0 atom stereocenters. The molecule has 0 aliphatic rings. The Hall–Kier alpha value is -1.25. The van der Waals surface area contributed by atoms with Crippen LogP contribution in [-0.4, -0.2) is 6.54 Å². The van der Waals surface area contributed by atoms with E-state index in [2.05, 4.69) is 26.1 Å². The molecule has 1 rings (SSSR count). The maximum absolute atomic E-state index is 13.2. The molecule has 0 unspecified atom stereocenters. The van der Waals surface area contributed by atoms with Crippen molar-refractivity contribution in [3.8, 4) is 0 Å². The number of hydrogen-bond donors (Lipinski definition) is 2. The van der Waals surface area contributed by atoms with Crippen LogP contribution in [0.3, 0.4) is 0 Å². The minimum absolute atomic E-state index is 0.251. The predicted octanol–water partition coefficient (Wildman–Crippen LogP) is 3.56. The normalized spacial score (nSPS) is 11.6. The van der Waals surface area contributed by atoms with Crippen LogP contribution < -0.4 is 11.1 Å². The summed E-state index contributed by atoms with van der Waals surface area (Å²) in [5.74, 6) is -0.251. The second-order valence-corrected chi connectivity index (χ2v) is 5.43. The first-order valence-corrected chi connectivity index (χ1v) is 5.59. The molecule has 0 spiro atoms. The van der Waals surface area contributed by atoms with Crippen LogP contribution in [0, 0.1) is 18.2 Å². The molecule has 0 amide bonds. The van der Waals surface area contributed by atoms with E-state index in [0.29, 0.717) is 11.3 Å². The fraction of sp³-hybridized carbons (Fsp3) is 0.538. The van der Waals surface area contributed by atoms with Crippen molar-refractivity contribution < 1.29 is 4.39 Å². The minimum atomic E-state index is -0.251. The molecule has 0 saturated carbocycles. The molecule has 0 saturated heterocycles. The van der Waals surface area contributed by atoms with E-state index in [0.717, 1.165) is 18.7 Å². The van der Waals surface area contributed by atoms with Gasteiger partial charge in [0.1, 0.15) is 5.82 Å². The van der Waals surface area contributed by atoms with Crippen LogP contribution in [0.4, 0.5) is 15.8 Å². The first-order chi connectivity index (χ1) is 7.29. The molecule has 0 aliphatic heterocycles. The lowest BCUT2D eigenvalue weighted by molar-refractivity contribution is 0.390. The second-order valence-electron chi connectivity index (χ2n) is 5.43.